The molecule has 1 aromatic rings. The van der Waals surface area contributed by atoms with Crippen molar-refractivity contribution in [3.8, 4) is 5.75 Å². The van der Waals surface area contributed by atoms with Crippen LogP contribution in [0.25, 0.3) is 0 Å². The Labute approximate surface area is 83.7 Å². The standard InChI is InChI=1S/C11H13ClO/c12-7-6-10-4-1-3-9-5-2-8-13-11(9)10/h1,3-4H,2,5-8H2. The van der Waals surface area contributed by atoms with Gasteiger partial charge in [-0.3, -0.25) is 0 Å². The molecule has 1 aromatic carbocycles. The second-order valence-electron chi connectivity index (χ2n) is 3.30. The van der Waals surface area contributed by atoms with E-state index in [2.05, 4.69) is 18.2 Å². The first-order valence-electron chi connectivity index (χ1n) is 4.71. The number of alkyl halides is 1. The average Bonchev–Trinajstić information content (AvgIpc) is 2.19. The van der Waals surface area contributed by atoms with Crippen molar-refractivity contribution in [2.75, 3.05) is 12.5 Å². The number of fused-ring (bicyclic) bond motifs is 1. The number of ether oxygens (including phenoxy) is 1. The molecule has 0 aromatic heterocycles. The Morgan fingerprint density at radius 2 is 2.31 bits per heavy atom. The van der Waals surface area contributed by atoms with Crippen molar-refractivity contribution in [2.24, 2.45) is 0 Å². The van der Waals surface area contributed by atoms with E-state index in [1.54, 1.807) is 0 Å². The number of benzene rings is 1. The van der Waals surface area contributed by atoms with Crippen molar-refractivity contribution >= 4 is 11.6 Å². The number of rotatable bonds is 2. The van der Waals surface area contributed by atoms with Crippen molar-refractivity contribution < 1.29 is 4.74 Å². The summed E-state index contributed by atoms with van der Waals surface area (Å²) in [7, 11) is 0. The van der Waals surface area contributed by atoms with E-state index in [1.807, 2.05) is 0 Å². The van der Waals surface area contributed by atoms with Gasteiger partial charge in [-0.25, -0.2) is 0 Å². The highest BCUT2D eigenvalue weighted by molar-refractivity contribution is 6.18. The zero-order chi connectivity index (χ0) is 9.10. The van der Waals surface area contributed by atoms with E-state index in [0.717, 1.165) is 31.6 Å². The lowest BCUT2D eigenvalue weighted by Crippen LogP contribution is -2.10. The van der Waals surface area contributed by atoms with Gasteiger partial charge in [0.05, 0.1) is 6.61 Å². The van der Waals surface area contributed by atoms with Crippen molar-refractivity contribution in [3.05, 3.63) is 29.3 Å². The second-order valence-corrected chi connectivity index (χ2v) is 3.67. The second kappa shape index (κ2) is 4.01. The normalized spacial score (nSPS) is 14.8. The summed E-state index contributed by atoms with van der Waals surface area (Å²) in [5.74, 6) is 1.76. The predicted molar refractivity (Wildman–Crippen MR) is 54.7 cm³/mol. The van der Waals surface area contributed by atoms with Gasteiger partial charge in [0, 0.05) is 5.88 Å². The molecule has 1 nitrogen and oxygen atoms in total. The van der Waals surface area contributed by atoms with Gasteiger partial charge in [0.2, 0.25) is 0 Å². The molecule has 0 unspecified atom stereocenters. The number of hydrogen-bond donors (Lipinski definition) is 0. The monoisotopic (exact) mass is 196 g/mol. The van der Waals surface area contributed by atoms with Crippen LogP contribution in [-0.4, -0.2) is 12.5 Å². The molecule has 0 spiro atoms. The van der Waals surface area contributed by atoms with Crippen LogP contribution in [0.3, 0.4) is 0 Å². The highest BCUT2D eigenvalue weighted by Gasteiger charge is 2.13. The van der Waals surface area contributed by atoms with Gasteiger partial charge in [-0.2, -0.15) is 0 Å². The molecule has 1 aliphatic heterocycles. The van der Waals surface area contributed by atoms with Gasteiger partial charge in [0.25, 0.3) is 0 Å². The first-order valence-corrected chi connectivity index (χ1v) is 5.25. The van der Waals surface area contributed by atoms with Gasteiger partial charge in [-0.15, -0.1) is 11.6 Å². The average molecular weight is 197 g/mol. The summed E-state index contributed by atoms with van der Waals surface area (Å²) in [6.07, 6.45) is 3.19. The first-order chi connectivity index (χ1) is 6.42. The quantitative estimate of drug-likeness (QED) is 0.661. The lowest BCUT2D eigenvalue weighted by atomic mass is 10.0. The van der Waals surface area contributed by atoms with Crippen LogP contribution >= 0.6 is 11.6 Å². The summed E-state index contributed by atoms with van der Waals surface area (Å²) in [4.78, 5) is 0. The van der Waals surface area contributed by atoms with Crippen LogP contribution in [0.4, 0.5) is 0 Å². The predicted octanol–water partition coefficient (Wildman–Crippen LogP) is 2.79. The fourth-order valence-corrected chi connectivity index (χ4v) is 1.96. The molecule has 0 saturated heterocycles. The Balaban J connectivity index is 2.34. The summed E-state index contributed by atoms with van der Waals surface area (Å²) in [5, 5.41) is 0. The van der Waals surface area contributed by atoms with E-state index in [1.165, 1.54) is 11.1 Å². The number of halogens is 1. The molecule has 70 valence electrons. The van der Waals surface area contributed by atoms with E-state index in [0.29, 0.717) is 5.88 Å². The molecule has 2 heteroatoms. The minimum Gasteiger partial charge on any atom is -0.493 e. The Hall–Kier alpha value is -0.690. The molecule has 0 amide bonds. The maximum Gasteiger partial charge on any atom is 0.125 e. The summed E-state index contributed by atoms with van der Waals surface area (Å²) < 4.78 is 5.65. The van der Waals surface area contributed by atoms with Crippen LogP contribution in [0.5, 0.6) is 5.75 Å². The van der Waals surface area contributed by atoms with Crippen LogP contribution in [0.15, 0.2) is 18.2 Å². The smallest absolute Gasteiger partial charge is 0.125 e. The number of aryl methyl sites for hydroxylation is 2. The number of para-hydroxylation sites is 1. The third-order valence-corrected chi connectivity index (χ3v) is 2.57. The molecule has 0 N–H and O–H groups in total. The van der Waals surface area contributed by atoms with Crippen molar-refractivity contribution in [1.29, 1.82) is 0 Å². The van der Waals surface area contributed by atoms with E-state index in [9.17, 15) is 0 Å². The summed E-state index contributed by atoms with van der Waals surface area (Å²) >= 11 is 5.72. The lowest BCUT2D eigenvalue weighted by Gasteiger charge is -2.19. The molecular formula is C11H13ClO. The van der Waals surface area contributed by atoms with Crippen LogP contribution in [0, 0.1) is 0 Å². The SMILES string of the molecule is ClCCc1cccc2c1OCCC2. The van der Waals surface area contributed by atoms with Gasteiger partial charge in [-0.1, -0.05) is 18.2 Å². The molecule has 0 radical (unpaired) electrons. The van der Waals surface area contributed by atoms with Crippen LogP contribution < -0.4 is 4.74 Å². The number of hydrogen-bond acceptors (Lipinski definition) is 1. The molecule has 13 heavy (non-hydrogen) atoms. The Morgan fingerprint density at radius 3 is 3.15 bits per heavy atom. The van der Waals surface area contributed by atoms with Crippen molar-refractivity contribution in [3.63, 3.8) is 0 Å². The van der Waals surface area contributed by atoms with E-state index >= 15 is 0 Å². The molecular weight excluding hydrogens is 184 g/mol. The Morgan fingerprint density at radius 1 is 1.38 bits per heavy atom. The molecule has 0 atom stereocenters. The minimum absolute atomic E-state index is 0.666. The lowest BCUT2D eigenvalue weighted by molar-refractivity contribution is 0.285. The topological polar surface area (TPSA) is 9.23 Å². The highest BCUT2D eigenvalue weighted by atomic mass is 35.5. The molecule has 1 aliphatic rings. The van der Waals surface area contributed by atoms with E-state index < -0.39 is 0 Å². The third-order valence-electron chi connectivity index (χ3n) is 2.38. The summed E-state index contributed by atoms with van der Waals surface area (Å²) in [6.45, 7) is 0.853. The summed E-state index contributed by atoms with van der Waals surface area (Å²) in [6, 6.07) is 6.34. The molecule has 0 bridgehead atoms. The van der Waals surface area contributed by atoms with Crippen LogP contribution in [0.1, 0.15) is 17.5 Å². The minimum atomic E-state index is 0.666. The molecule has 0 fully saturated rings. The maximum atomic E-state index is 5.72. The van der Waals surface area contributed by atoms with Gasteiger partial charge in [-0.05, 0) is 30.4 Å². The van der Waals surface area contributed by atoms with Gasteiger partial charge in [0.15, 0.2) is 0 Å². The van der Waals surface area contributed by atoms with Gasteiger partial charge in [0.1, 0.15) is 5.75 Å². The fraction of sp³-hybridized carbons (Fsp3) is 0.455. The summed E-state index contributed by atoms with van der Waals surface area (Å²) in [5.41, 5.74) is 2.60. The Kier molecular flexibility index (Phi) is 2.74. The van der Waals surface area contributed by atoms with Crippen molar-refractivity contribution in [1.82, 2.24) is 0 Å². The van der Waals surface area contributed by atoms with Gasteiger partial charge >= 0.3 is 0 Å². The maximum absolute atomic E-state index is 5.72. The first kappa shape index (κ1) is 8.89. The third kappa shape index (κ3) is 1.80. The largest absolute Gasteiger partial charge is 0.493 e. The van der Waals surface area contributed by atoms with E-state index in [4.69, 9.17) is 16.3 Å². The molecule has 0 saturated carbocycles. The zero-order valence-electron chi connectivity index (χ0n) is 7.55. The zero-order valence-corrected chi connectivity index (χ0v) is 8.31. The van der Waals surface area contributed by atoms with Crippen LogP contribution in [0.2, 0.25) is 0 Å². The highest BCUT2D eigenvalue weighted by Crippen LogP contribution is 2.29. The van der Waals surface area contributed by atoms with E-state index in [-0.39, 0.29) is 0 Å². The Bertz CT molecular complexity index is 296. The molecule has 2 rings (SSSR count). The van der Waals surface area contributed by atoms with Gasteiger partial charge < -0.3 is 4.74 Å². The fourth-order valence-electron chi connectivity index (χ4n) is 1.76. The molecule has 0 aliphatic carbocycles. The van der Waals surface area contributed by atoms with Crippen molar-refractivity contribution in [2.45, 2.75) is 19.3 Å². The van der Waals surface area contributed by atoms with Crippen LogP contribution in [-0.2, 0) is 12.8 Å². The molecule has 1 heterocycles.